The molecule has 2 heteroatoms. The molecule has 1 fully saturated rings. The molecule has 2 nitrogen and oxygen atoms in total. The van der Waals surface area contributed by atoms with Crippen LogP contribution in [0.4, 0.5) is 0 Å². The van der Waals surface area contributed by atoms with Crippen LogP contribution in [0.1, 0.15) is 51.1 Å². The van der Waals surface area contributed by atoms with Crippen molar-refractivity contribution in [1.82, 2.24) is 10.3 Å². The lowest BCUT2D eigenvalue weighted by Crippen LogP contribution is -2.30. The van der Waals surface area contributed by atoms with Crippen molar-refractivity contribution < 1.29 is 0 Å². The van der Waals surface area contributed by atoms with Crippen LogP contribution in [0.3, 0.4) is 0 Å². The molecule has 3 rings (SSSR count). The molecule has 1 N–H and O–H groups in total. The van der Waals surface area contributed by atoms with Crippen LogP contribution in [0.5, 0.6) is 0 Å². The highest BCUT2D eigenvalue weighted by molar-refractivity contribution is 5.85. The molecule has 1 aromatic heterocycles. The smallest absolute Gasteiger partial charge is 0.0354 e. The third-order valence-corrected chi connectivity index (χ3v) is 5.01. The van der Waals surface area contributed by atoms with Crippen molar-refractivity contribution in [3.05, 3.63) is 42.2 Å². The van der Waals surface area contributed by atoms with Crippen LogP contribution in [0, 0.1) is 11.8 Å². The van der Waals surface area contributed by atoms with E-state index in [1.165, 1.54) is 42.0 Å². The molecule has 21 heavy (non-hydrogen) atoms. The molecule has 0 bridgehead atoms. The number of nitrogens with one attached hydrogen (secondary N) is 1. The number of hydrogen-bond acceptors (Lipinski definition) is 2. The Bertz CT molecular complexity index is 580. The normalized spacial score (nSPS) is 24.1. The van der Waals surface area contributed by atoms with Crippen LogP contribution in [0.15, 0.2) is 36.7 Å². The summed E-state index contributed by atoms with van der Waals surface area (Å²) in [4.78, 5) is 4.26. The van der Waals surface area contributed by atoms with Crippen molar-refractivity contribution in [3.8, 4) is 0 Å². The summed E-state index contributed by atoms with van der Waals surface area (Å²) >= 11 is 0. The Hall–Kier alpha value is -1.41. The molecule has 2 aromatic rings. The molecule has 0 aliphatic heterocycles. The van der Waals surface area contributed by atoms with E-state index < -0.39 is 0 Å². The Morgan fingerprint density at radius 3 is 2.76 bits per heavy atom. The first-order valence-corrected chi connectivity index (χ1v) is 8.35. The fourth-order valence-electron chi connectivity index (χ4n) is 3.79. The van der Waals surface area contributed by atoms with E-state index in [4.69, 9.17) is 0 Å². The maximum absolute atomic E-state index is 4.26. The van der Waals surface area contributed by atoms with Crippen molar-refractivity contribution in [1.29, 1.82) is 0 Å². The summed E-state index contributed by atoms with van der Waals surface area (Å²) in [5.41, 5.74) is 1.45. The SMILES string of the molecule is CCNC(c1cccc2cnccc12)C1CCC(C)CC1. The van der Waals surface area contributed by atoms with E-state index in [0.29, 0.717) is 6.04 Å². The first kappa shape index (κ1) is 14.5. The largest absolute Gasteiger partial charge is 0.310 e. The van der Waals surface area contributed by atoms with E-state index in [1.807, 2.05) is 12.4 Å². The van der Waals surface area contributed by atoms with Crippen LogP contribution in [-0.2, 0) is 0 Å². The summed E-state index contributed by atoms with van der Waals surface area (Å²) in [7, 11) is 0. The summed E-state index contributed by atoms with van der Waals surface area (Å²) in [5, 5.41) is 6.37. The van der Waals surface area contributed by atoms with Crippen LogP contribution < -0.4 is 5.32 Å². The molecule has 1 heterocycles. The minimum Gasteiger partial charge on any atom is -0.310 e. The topological polar surface area (TPSA) is 24.9 Å². The molecule has 0 saturated heterocycles. The van der Waals surface area contributed by atoms with Gasteiger partial charge < -0.3 is 5.32 Å². The molecule has 1 atom stereocenters. The number of nitrogens with zero attached hydrogens (tertiary/aromatic N) is 1. The van der Waals surface area contributed by atoms with Gasteiger partial charge in [0, 0.05) is 23.8 Å². The molecule has 1 aliphatic carbocycles. The van der Waals surface area contributed by atoms with Gasteiger partial charge in [0.25, 0.3) is 0 Å². The summed E-state index contributed by atoms with van der Waals surface area (Å²) < 4.78 is 0. The first-order valence-electron chi connectivity index (χ1n) is 8.35. The van der Waals surface area contributed by atoms with Crippen LogP contribution in [-0.4, -0.2) is 11.5 Å². The first-order chi connectivity index (χ1) is 10.3. The number of benzene rings is 1. The average molecular weight is 282 g/mol. The Morgan fingerprint density at radius 1 is 1.19 bits per heavy atom. The number of aromatic nitrogens is 1. The molecule has 1 saturated carbocycles. The van der Waals surface area contributed by atoms with E-state index in [2.05, 4.69) is 48.4 Å². The van der Waals surface area contributed by atoms with Crippen molar-refractivity contribution >= 4 is 10.8 Å². The predicted octanol–water partition coefficient (Wildman–Crippen LogP) is 4.71. The zero-order chi connectivity index (χ0) is 14.7. The molecule has 0 spiro atoms. The minimum atomic E-state index is 0.480. The molecule has 1 aromatic carbocycles. The van der Waals surface area contributed by atoms with Gasteiger partial charge in [-0.2, -0.15) is 0 Å². The van der Waals surface area contributed by atoms with Crippen molar-refractivity contribution in [3.63, 3.8) is 0 Å². The molecular formula is C19H26N2. The van der Waals surface area contributed by atoms with E-state index in [-0.39, 0.29) is 0 Å². The van der Waals surface area contributed by atoms with Crippen molar-refractivity contribution in [2.75, 3.05) is 6.54 Å². The number of pyridine rings is 1. The summed E-state index contributed by atoms with van der Waals surface area (Å²) in [6.07, 6.45) is 9.33. The lowest BCUT2D eigenvalue weighted by Gasteiger charge is -2.34. The van der Waals surface area contributed by atoms with E-state index in [0.717, 1.165) is 18.4 Å². The average Bonchev–Trinajstić information content (AvgIpc) is 2.53. The highest BCUT2D eigenvalue weighted by Gasteiger charge is 2.27. The molecule has 1 unspecified atom stereocenters. The van der Waals surface area contributed by atoms with Gasteiger partial charge in [-0.15, -0.1) is 0 Å². The summed E-state index contributed by atoms with van der Waals surface area (Å²) in [6.45, 7) is 5.63. The Balaban J connectivity index is 1.95. The van der Waals surface area contributed by atoms with Gasteiger partial charge in [-0.1, -0.05) is 44.9 Å². The van der Waals surface area contributed by atoms with Gasteiger partial charge >= 0.3 is 0 Å². The zero-order valence-electron chi connectivity index (χ0n) is 13.2. The van der Waals surface area contributed by atoms with Crippen molar-refractivity contribution in [2.45, 2.75) is 45.6 Å². The monoisotopic (exact) mass is 282 g/mol. The standard InChI is InChI=1S/C19H26N2/c1-3-21-19(15-9-7-14(2)8-10-15)18-6-4-5-16-13-20-12-11-17(16)18/h4-6,11-15,19,21H,3,7-10H2,1-2H3. The second kappa shape index (κ2) is 6.57. The second-order valence-corrected chi connectivity index (χ2v) is 6.50. The zero-order valence-corrected chi connectivity index (χ0v) is 13.2. The highest BCUT2D eigenvalue weighted by Crippen LogP contribution is 2.38. The van der Waals surface area contributed by atoms with Gasteiger partial charge in [0.05, 0.1) is 0 Å². The van der Waals surface area contributed by atoms with Gasteiger partial charge in [-0.05, 0) is 48.2 Å². The number of rotatable bonds is 4. The minimum absolute atomic E-state index is 0.480. The Kier molecular flexibility index (Phi) is 4.54. The van der Waals surface area contributed by atoms with Gasteiger partial charge in [0.1, 0.15) is 0 Å². The summed E-state index contributed by atoms with van der Waals surface area (Å²) in [5.74, 6) is 1.67. The molecule has 1 aliphatic rings. The number of fused-ring (bicyclic) bond motifs is 1. The van der Waals surface area contributed by atoms with Gasteiger partial charge in [0.2, 0.25) is 0 Å². The van der Waals surface area contributed by atoms with Crippen LogP contribution in [0.25, 0.3) is 10.8 Å². The fraction of sp³-hybridized carbons (Fsp3) is 0.526. The second-order valence-electron chi connectivity index (χ2n) is 6.50. The molecule has 0 radical (unpaired) electrons. The van der Waals surface area contributed by atoms with Crippen molar-refractivity contribution in [2.24, 2.45) is 11.8 Å². The van der Waals surface area contributed by atoms with Gasteiger partial charge in [-0.3, -0.25) is 4.98 Å². The fourth-order valence-corrected chi connectivity index (χ4v) is 3.79. The summed E-state index contributed by atoms with van der Waals surface area (Å²) in [6, 6.07) is 9.29. The lowest BCUT2D eigenvalue weighted by molar-refractivity contribution is 0.234. The quantitative estimate of drug-likeness (QED) is 0.878. The van der Waals surface area contributed by atoms with Gasteiger partial charge in [0.15, 0.2) is 0 Å². The predicted molar refractivity (Wildman–Crippen MR) is 89.3 cm³/mol. The van der Waals surface area contributed by atoms with Crippen LogP contribution >= 0.6 is 0 Å². The van der Waals surface area contributed by atoms with Gasteiger partial charge in [-0.25, -0.2) is 0 Å². The molecular weight excluding hydrogens is 256 g/mol. The molecule has 0 amide bonds. The Morgan fingerprint density at radius 2 is 2.00 bits per heavy atom. The highest BCUT2D eigenvalue weighted by atomic mass is 14.9. The Labute approximate surface area is 128 Å². The maximum atomic E-state index is 4.26. The number of hydrogen-bond donors (Lipinski definition) is 1. The maximum Gasteiger partial charge on any atom is 0.0354 e. The van der Waals surface area contributed by atoms with E-state index in [1.54, 1.807) is 0 Å². The lowest BCUT2D eigenvalue weighted by atomic mass is 9.76. The third kappa shape index (κ3) is 3.11. The van der Waals surface area contributed by atoms with E-state index in [9.17, 15) is 0 Å². The van der Waals surface area contributed by atoms with E-state index >= 15 is 0 Å². The third-order valence-electron chi connectivity index (χ3n) is 5.01. The van der Waals surface area contributed by atoms with Crippen LogP contribution in [0.2, 0.25) is 0 Å². The molecule has 112 valence electrons.